The first-order valence-corrected chi connectivity index (χ1v) is 5.84. The number of ether oxygens (including phenoxy) is 1. The highest BCUT2D eigenvalue weighted by atomic mass is 35.5. The number of nitrogens with two attached hydrogens (primary N) is 1. The van der Waals surface area contributed by atoms with Gasteiger partial charge >= 0.3 is 0 Å². The molecule has 0 aromatic heterocycles. The number of hydrogen-bond donors (Lipinski definition) is 1. The normalized spacial score (nSPS) is 18.5. The van der Waals surface area contributed by atoms with E-state index in [-0.39, 0.29) is 24.3 Å². The van der Waals surface area contributed by atoms with E-state index in [2.05, 4.69) is 0 Å². The SMILES string of the molecule is Cl.N[C@H](c1cc(F)cc(Cl)c1)C1CCOCC1. The second-order valence-electron chi connectivity index (χ2n) is 4.18. The Morgan fingerprint density at radius 3 is 2.53 bits per heavy atom. The molecule has 0 unspecified atom stereocenters. The molecule has 0 bridgehead atoms. The van der Waals surface area contributed by atoms with E-state index < -0.39 is 0 Å². The monoisotopic (exact) mass is 279 g/mol. The molecule has 0 spiro atoms. The molecular formula is C12H16Cl2FNO. The van der Waals surface area contributed by atoms with Gasteiger partial charge in [0, 0.05) is 24.3 Å². The molecule has 0 amide bonds. The minimum Gasteiger partial charge on any atom is -0.381 e. The third-order valence-corrected chi connectivity index (χ3v) is 3.26. The predicted molar refractivity (Wildman–Crippen MR) is 69.1 cm³/mol. The van der Waals surface area contributed by atoms with Crippen LogP contribution in [0.2, 0.25) is 5.02 Å². The maximum Gasteiger partial charge on any atom is 0.125 e. The lowest BCUT2D eigenvalue weighted by Gasteiger charge is -2.28. The molecule has 96 valence electrons. The zero-order valence-corrected chi connectivity index (χ0v) is 10.9. The Morgan fingerprint density at radius 2 is 1.94 bits per heavy atom. The van der Waals surface area contributed by atoms with Crippen molar-refractivity contribution in [3.63, 3.8) is 0 Å². The van der Waals surface area contributed by atoms with Crippen molar-refractivity contribution in [1.29, 1.82) is 0 Å². The fraction of sp³-hybridized carbons (Fsp3) is 0.500. The van der Waals surface area contributed by atoms with Gasteiger partial charge in [-0.15, -0.1) is 12.4 Å². The van der Waals surface area contributed by atoms with E-state index in [0.29, 0.717) is 10.9 Å². The van der Waals surface area contributed by atoms with Crippen molar-refractivity contribution in [2.24, 2.45) is 11.7 Å². The van der Waals surface area contributed by atoms with Crippen molar-refractivity contribution in [3.05, 3.63) is 34.6 Å². The van der Waals surface area contributed by atoms with E-state index >= 15 is 0 Å². The highest BCUT2D eigenvalue weighted by Gasteiger charge is 2.22. The van der Waals surface area contributed by atoms with Crippen LogP contribution in [0.3, 0.4) is 0 Å². The van der Waals surface area contributed by atoms with Crippen LogP contribution in [0.25, 0.3) is 0 Å². The number of rotatable bonds is 2. The van der Waals surface area contributed by atoms with Crippen molar-refractivity contribution < 1.29 is 9.13 Å². The van der Waals surface area contributed by atoms with Crippen LogP contribution < -0.4 is 5.73 Å². The largest absolute Gasteiger partial charge is 0.381 e. The average molecular weight is 280 g/mol. The van der Waals surface area contributed by atoms with Gasteiger partial charge in [-0.1, -0.05) is 11.6 Å². The molecule has 17 heavy (non-hydrogen) atoms. The lowest BCUT2D eigenvalue weighted by Crippen LogP contribution is -2.27. The lowest BCUT2D eigenvalue weighted by molar-refractivity contribution is 0.0583. The molecule has 1 aromatic carbocycles. The average Bonchev–Trinajstić information content (AvgIpc) is 2.28. The second-order valence-corrected chi connectivity index (χ2v) is 4.61. The Bertz CT molecular complexity index is 349. The molecule has 1 fully saturated rings. The summed E-state index contributed by atoms with van der Waals surface area (Å²) in [6.07, 6.45) is 1.85. The van der Waals surface area contributed by atoms with Gasteiger partial charge in [-0.2, -0.15) is 0 Å². The van der Waals surface area contributed by atoms with Crippen LogP contribution in [0.1, 0.15) is 24.4 Å². The van der Waals surface area contributed by atoms with Gasteiger partial charge in [-0.05, 0) is 42.5 Å². The van der Waals surface area contributed by atoms with Crippen LogP contribution in [0.15, 0.2) is 18.2 Å². The summed E-state index contributed by atoms with van der Waals surface area (Å²) in [6, 6.07) is 4.34. The third-order valence-electron chi connectivity index (χ3n) is 3.04. The Kier molecular flexibility index (Phi) is 5.67. The first kappa shape index (κ1) is 14.7. The molecule has 0 saturated carbocycles. The number of halogens is 3. The van der Waals surface area contributed by atoms with Gasteiger partial charge in [-0.25, -0.2) is 4.39 Å². The summed E-state index contributed by atoms with van der Waals surface area (Å²) in [5, 5.41) is 0.400. The van der Waals surface area contributed by atoms with Crippen LogP contribution in [0, 0.1) is 11.7 Å². The van der Waals surface area contributed by atoms with E-state index in [9.17, 15) is 4.39 Å². The van der Waals surface area contributed by atoms with Crippen molar-refractivity contribution in [3.8, 4) is 0 Å². The highest BCUT2D eigenvalue weighted by Crippen LogP contribution is 2.29. The predicted octanol–water partition coefficient (Wildman–Crippen LogP) is 3.33. The quantitative estimate of drug-likeness (QED) is 0.901. The molecule has 5 heteroatoms. The Labute approximate surface area is 112 Å². The number of benzene rings is 1. The van der Waals surface area contributed by atoms with E-state index in [0.717, 1.165) is 31.6 Å². The fourth-order valence-corrected chi connectivity index (χ4v) is 2.34. The Balaban J connectivity index is 0.00000144. The van der Waals surface area contributed by atoms with E-state index in [1.807, 2.05) is 0 Å². The summed E-state index contributed by atoms with van der Waals surface area (Å²) < 4.78 is 18.5. The van der Waals surface area contributed by atoms with Crippen LogP contribution in [0.4, 0.5) is 4.39 Å². The minimum absolute atomic E-state index is 0. The van der Waals surface area contributed by atoms with Crippen LogP contribution in [0.5, 0.6) is 0 Å². The maximum absolute atomic E-state index is 13.2. The summed E-state index contributed by atoms with van der Waals surface area (Å²) in [7, 11) is 0. The van der Waals surface area contributed by atoms with Gasteiger partial charge in [0.15, 0.2) is 0 Å². The van der Waals surface area contributed by atoms with Crippen molar-refractivity contribution in [2.75, 3.05) is 13.2 Å². The molecular weight excluding hydrogens is 264 g/mol. The second kappa shape index (κ2) is 6.55. The Morgan fingerprint density at radius 1 is 1.29 bits per heavy atom. The first-order chi connectivity index (χ1) is 7.66. The van der Waals surface area contributed by atoms with Crippen molar-refractivity contribution in [1.82, 2.24) is 0 Å². The maximum atomic E-state index is 13.2. The fourth-order valence-electron chi connectivity index (χ4n) is 2.11. The molecule has 2 nitrogen and oxygen atoms in total. The van der Waals surface area contributed by atoms with Crippen molar-refractivity contribution >= 4 is 24.0 Å². The smallest absolute Gasteiger partial charge is 0.125 e. The number of hydrogen-bond acceptors (Lipinski definition) is 2. The molecule has 2 rings (SSSR count). The summed E-state index contributed by atoms with van der Waals surface area (Å²) in [5.74, 6) is 0.0247. The lowest BCUT2D eigenvalue weighted by atomic mass is 9.88. The zero-order chi connectivity index (χ0) is 11.5. The topological polar surface area (TPSA) is 35.2 Å². The summed E-state index contributed by atoms with van der Waals surface area (Å²) >= 11 is 5.81. The molecule has 1 aliphatic rings. The first-order valence-electron chi connectivity index (χ1n) is 5.46. The molecule has 0 aliphatic carbocycles. The van der Waals surface area contributed by atoms with Gasteiger partial charge in [0.05, 0.1) is 0 Å². The van der Waals surface area contributed by atoms with Gasteiger partial charge < -0.3 is 10.5 Å². The Hall–Kier alpha value is -0.350. The van der Waals surface area contributed by atoms with Crippen LogP contribution in [-0.2, 0) is 4.74 Å². The zero-order valence-electron chi connectivity index (χ0n) is 9.36. The molecule has 1 aliphatic heterocycles. The molecule has 0 radical (unpaired) electrons. The van der Waals surface area contributed by atoms with Gasteiger partial charge in [0.1, 0.15) is 5.82 Å². The van der Waals surface area contributed by atoms with E-state index in [1.165, 1.54) is 12.1 Å². The molecule has 2 N–H and O–H groups in total. The molecule has 1 saturated heterocycles. The standard InChI is InChI=1S/C12H15ClFNO.ClH/c13-10-5-9(6-11(14)7-10)12(15)8-1-3-16-4-2-8;/h5-8,12H,1-4,15H2;1H/t12-;/m0./s1. The van der Waals surface area contributed by atoms with Crippen LogP contribution in [-0.4, -0.2) is 13.2 Å². The molecule has 1 atom stereocenters. The van der Waals surface area contributed by atoms with Gasteiger partial charge in [-0.3, -0.25) is 0 Å². The third kappa shape index (κ3) is 3.81. The van der Waals surface area contributed by atoms with Gasteiger partial charge in [0.25, 0.3) is 0 Å². The summed E-state index contributed by atoms with van der Waals surface area (Å²) in [6.45, 7) is 1.48. The highest BCUT2D eigenvalue weighted by molar-refractivity contribution is 6.30. The summed E-state index contributed by atoms with van der Waals surface area (Å²) in [4.78, 5) is 0. The minimum atomic E-state index is -0.329. The van der Waals surface area contributed by atoms with E-state index in [1.54, 1.807) is 6.07 Å². The molecule has 1 aromatic rings. The van der Waals surface area contributed by atoms with Gasteiger partial charge in [0.2, 0.25) is 0 Å². The van der Waals surface area contributed by atoms with E-state index in [4.69, 9.17) is 22.1 Å². The summed E-state index contributed by atoms with van der Waals surface area (Å²) in [5.41, 5.74) is 6.90. The van der Waals surface area contributed by atoms with Crippen molar-refractivity contribution in [2.45, 2.75) is 18.9 Å². The van der Waals surface area contributed by atoms with Crippen LogP contribution >= 0.6 is 24.0 Å². The molecule has 1 heterocycles.